The Bertz CT molecular complexity index is 481. The quantitative estimate of drug-likeness (QED) is 0.742. The highest BCUT2D eigenvalue weighted by molar-refractivity contribution is 5.80. The van der Waals surface area contributed by atoms with Crippen LogP contribution in [0.1, 0.15) is 5.56 Å². The SMILES string of the molecule is O=C(O)N1CC(C(=O)O)(C(O)Cc2ccccc2)C1. The van der Waals surface area contributed by atoms with E-state index in [9.17, 15) is 19.8 Å². The summed E-state index contributed by atoms with van der Waals surface area (Å²) in [5.74, 6) is -1.16. The van der Waals surface area contributed by atoms with Gasteiger partial charge in [0.2, 0.25) is 0 Å². The van der Waals surface area contributed by atoms with Gasteiger partial charge in [-0.1, -0.05) is 30.3 Å². The van der Waals surface area contributed by atoms with Crippen LogP contribution in [0.2, 0.25) is 0 Å². The van der Waals surface area contributed by atoms with Crippen LogP contribution >= 0.6 is 0 Å². The van der Waals surface area contributed by atoms with E-state index < -0.39 is 23.6 Å². The van der Waals surface area contributed by atoms with E-state index in [0.29, 0.717) is 0 Å². The number of carbonyl (C=O) groups is 2. The van der Waals surface area contributed by atoms with Gasteiger partial charge in [0.05, 0.1) is 6.10 Å². The minimum Gasteiger partial charge on any atom is -0.481 e. The van der Waals surface area contributed by atoms with Crippen LogP contribution in [-0.4, -0.2) is 51.5 Å². The fraction of sp³-hybridized carbons (Fsp3) is 0.385. The molecule has 0 bridgehead atoms. The first-order valence-electron chi connectivity index (χ1n) is 5.89. The van der Waals surface area contributed by atoms with E-state index in [2.05, 4.69) is 0 Å². The van der Waals surface area contributed by atoms with E-state index in [0.717, 1.165) is 10.5 Å². The number of likely N-dealkylation sites (tertiary alicyclic amines) is 1. The molecule has 102 valence electrons. The van der Waals surface area contributed by atoms with Gasteiger partial charge in [-0.3, -0.25) is 4.79 Å². The molecule has 1 fully saturated rings. The average molecular weight is 265 g/mol. The van der Waals surface area contributed by atoms with Crippen LogP contribution in [0.15, 0.2) is 30.3 Å². The highest BCUT2D eigenvalue weighted by atomic mass is 16.4. The van der Waals surface area contributed by atoms with Gasteiger partial charge in [-0.05, 0) is 12.0 Å². The number of rotatable bonds is 4. The van der Waals surface area contributed by atoms with E-state index in [1.165, 1.54) is 0 Å². The standard InChI is InChI=1S/C13H15NO5/c15-10(6-9-4-2-1-3-5-9)13(11(16)17)7-14(8-13)12(18)19/h1-5,10,15H,6-8H2,(H,16,17)(H,18,19). The topological polar surface area (TPSA) is 98.1 Å². The number of carboxylic acid groups (broad SMARTS) is 2. The maximum Gasteiger partial charge on any atom is 0.407 e. The van der Waals surface area contributed by atoms with E-state index in [1.54, 1.807) is 24.3 Å². The summed E-state index contributed by atoms with van der Waals surface area (Å²) in [4.78, 5) is 23.0. The molecule has 1 amide bonds. The molecule has 1 aliphatic rings. The lowest BCUT2D eigenvalue weighted by atomic mass is 9.73. The van der Waals surface area contributed by atoms with Gasteiger partial charge in [0, 0.05) is 13.1 Å². The minimum absolute atomic E-state index is 0.175. The van der Waals surface area contributed by atoms with Gasteiger partial charge in [-0.2, -0.15) is 0 Å². The lowest BCUT2D eigenvalue weighted by Crippen LogP contribution is -2.67. The molecule has 0 aromatic heterocycles. The molecule has 0 aliphatic carbocycles. The smallest absolute Gasteiger partial charge is 0.407 e. The number of aliphatic carboxylic acids is 1. The lowest BCUT2D eigenvalue weighted by molar-refractivity contribution is -0.171. The van der Waals surface area contributed by atoms with Gasteiger partial charge in [0.25, 0.3) is 0 Å². The zero-order valence-electron chi connectivity index (χ0n) is 10.2. The fourth-order valence-electron chi connectivity index (χ4n) is 2.29. The van der Waals surface area contributed by atoms with Crippen molar-refractivity contribution >= 4 is 12.1 Å². The Labute approximate surface area is 109 Å². The monoisotopic (exact) mass is 265 g/mol. The Morgan fingerprint density at radius 2 is 1.79 bits per heavy atom. The third-order valence-electron chi connectivity index (χ3n) is 3.55. The molecular formula is C13H15NO5. The van der Waals surface area contributed by atoms with Crippen molar-refractivity contribution in [2.45, 2.75) is 12.5 Å². The predicted octanol–water partition coefficient (Wildman–Crippen LogP) is 0.655. The number of amides is 1. The van der Waals surface area contributed by atoms with E-state index in [4.69, 9.17) is 5.11 Å². The molecule has 1 heterocycles. The second-order valence-corrected chi connectivity index (χ2v) is 4.81. The summed E-state index contributed by atoms with van der Waals surface area (Å²) in [6.07, 6.45) is -2.08. The van der Waals surface area contributed by atoms with Crippen molar-refractivity contribution in [3.63, 3.8) is 0 Å². The van der Waals surface area contributed by atoms with Crippen molar-refractivity contribution in [2.75, 3.05) is 13.1 Å². The largest absolute Gasteiger partial charge is 0.481 e. The second kappa shape index (κ2) is 4.89. The molecule has 1 aromatic rings. The number of hydrogen-bond donors (Lipinski definition) is 3. The van der Waals surface area contributed by atoms with Gasteiger partial charge < -0.3 is 20.2 Å². The molecule has 1 aliphatic heterocycles. The predicted molar refractivity (Wildman–Crippen MR) is 65.8 cm³/mol. The molecule has 2 rings (SSSR count). The molecule has 1 saturated heterocycles. The third kappa shape index (κ3) is 2.39. The first-order chi connectivity index (χ1) is 8.95. The highest BCUT2D eigenvalue weighted by Crippen LogP contribution is 2.36. The van der Waals surface area contributed by atoms with Gasteiger partial charge >= 0.3 is 12.1 Å². The molecule has 3 N–H and O–H groups in total. The Kier molecular flexibility index (Phi) is 3.44. The van der Waals surface area contributed by atoms with Crippen LogP contribution < -0.4 is 0 Å². The Balaban J connectivity index is 2.09. The summed E-state index contributed by atoms with van der Waals surface area (Å²) in [7, 11) is 0. The maximum atomic E-state index is 11.3. The molecule has 6 heteroatoms. The summed E-state index contributed by atoms with van der Waals surface area (Å²) in [5, 5.41) is 28.2. The Morgan fingerprint density at radius 3 is 2.26 bits per heavy atom. The van der Waals surface area contributed by atoms with Crippen LogP contribution in [0.25, 0.3) is 0 Å². The molecule has 1 atom stereocenters. The van der Waals surface area contributed by atoms with Crippen molar-refractivity contribution in [1.29, 1.82) is 0 Å². The number of hydrogen-bond acceptors (Lipinski definition) is 3. The maximum absolute atomic E-state index is 11.3. The van der Waals surface area contributed by atoms with Gasteiger partial charge in [-0.15, -0.1) is 0 Å². The number of aliphatic hydroxyl groups is 1. The van der Waals surface area contributed by atoms with Crippen LogP contribution in [0, 0.1) is 5.41 Å². The lowest BCUT2D eigenvalue weighted by Gasteiger charge is -2.48. The first-order valence-corrected chi connectivity index (χ1v) is 5.89. The Morgan fingerprint density at radius 1 is 1.21 bits per heavy atom. The summed E-state index contributed by atoms with van der Waals surface area (Å²) in [6, 6.07) is 9.04. The summed E-state index contributed by atoms with van der Waals surface area (Å²) < 4.78 is 0. The molecule has 19 heavy (non-hydrogen) atoms. The second-order valence-electron chi connectivity index (χ2n) is 4.81. The molecule has 6 nitrogen and oxygen atoms in total. The van der Waals surface area contributed by atoms with E-state index in [-0.39, 0.29) is 19.5 Å². The number of benzene rings is 1. The normalized spacial score (nSPS) is 18.5. The van der Waals surface area contributed by atoms with Crippen molar-refractivity contribution in [3.8, 4) is 0 Å². The van der Waals surface area contributed by atoms with Gasteiger partial charge in [0.15, 0.2) is 0 Å². The van der Waals surface area contributed by atoms with Gasteiger partial charge in [0.1, 0.15) is 5.41 Å². The molecule has 0 saturated carbocycles. The zero-order chi connectivity index (χ0) is 14.0. The molecule has 0 radical (unpaired) electrons. The van der Waals surface area contributed by atoms with Crippen LogP contribution in [0.3, 0.4) is 0 Å². The third-order valence-corrected chi connectivity index (χ3v) is 3.55. The number of nitrogens with zero attached hydrogens (tertiary/aromatic N) is 1. The summed E-state index contributed by atoms with van der Waals surface area (Å²) in [5.41, 5.74) is -0.571. The first kappa shape index (κ1) is 13.4. The van der Waals surface area contributed by atoms with Crippen LogP contribution in [0.5, 0.6) is 0 Å². The fourth-order valence-corrected chi connectivity index (χ4v) is 2.29. The highest BCUT2D eigenvalue weighted by Gasteiger charge is 2.56. The molecule has 1 aromatic carbocycles. The zero-order valence-corrected chi connectivity index (χ0v) is 10.2. The van der Waals surface area contributed by atoms with E-state index in [1.807, 2.05) is 6.07 Å². The van der Waals surface area contributed by atoms with E-state index >= 15 is 0 Å². The average Bonchev–Trinajstić information content (AvgIpc) is 2.27. The van der Waals surface area contributed by atoms with Gasteiger partial charge in [-0.25, -0.2) is 4.79 Å². The number of carboxylic acids is 1. The van der Waals surface area contributed by atoms with Crippen molar-refractivity contribution in [2.24, 2.45) is 5.41 Å². The van der Waals surface area contributed by atoms with Crippen LogP contribution in [0.4, 0.5) is 4.79 Å². The summed E-state index contributed by atoms with van der Waals surface area (Å²) >= 11 is 0. The molecular weight excluding hydrogens is 250 g/mol. The number of aliphatic hydroxyl groups excluding tert-OH is 1. The van der Waals surface area contributed by atoms with Crippen molar-refractivity contribution in [1.82, 2.24) is 4.90 Å². The Hall–Kier alpha value is -2.08. The molecule has 0 spiro atoms. The van der Waals surface area contributed by atoms with Crippen molar-refractivity contribution < 1.29 is 24.9 Å². The summed E-state index contributed by atoms with van der Waals surface area (Å²) in [6.45, 7) is -0.350. The van der Waals surface area contributed by atoms with Crippen molar-refractivity contribution in [3.05, 3.63) is 35.9 Å². The molecule has 1 unspecified atom stereocenters. The minimum atomic E-state index is -1.39. The van der Waals surface area contributed by atoms with Crippen LogP contribution in [-0.2, 0) is 11.2 Å².